The molecule has 0 aliphatic carbocycles. The fraction of sp³-hybridized carbons (Fsp3) is 0.538. The van der Waals surface area contributed by atoms with Crippen LogP contribution in [-0.4, -0.2) is 24.8 Å². The molecule has 2 rings (SSSR count). The number of nitrogens with two attached hydrogens (primary N) is 1. The number of benzene rings is 1. The summed E-state index contributed by atoms with van der Waals surface area (Å²) in [7, 11) is -3.26. The van der Waals surface area contributed by atoms with Crippen molar-refractivity contribution in [1.29, 1.82) is 0 Å². The van der Waals surface area contributed by atoms with Gasteiger partial charge in [-0.05, 0) is 44.4 Å². The molecule has 0 bridgehead atoms. The topological polar surface area (TPSA) is 63.4 Å². The molecule has 0 saturated carbocycles. The lowest BCUT2D eigenvalue weighted by Crippen LogP contribution is -2.43. The summed E-state index contributed by atoms with van der Waals surface area (Å²) < 4.78 is 26.5. The summed E-state index contributed by atoms with van der Waals surface area (Å²) in [6.07, 6.45) is 1.85. The van der Waals surface area contributed by atoms with Gasteiger partial charge in [-0.1, -0.05) is 12.1 Å². The van der Waals surface area contributed by atoms with E-state index in [1.165, 1.54) is 0 Å². The Labute approximate surface area is 109 Å². The van der Waals surface area contributed by atoms with Crippen molar-refractivity contribution in [2.24, 2.45) is 0 Å². The maximum absolute atomic E-state index is 12.4. The minimum absolute atomic E-state index is 0.0292. The number of hydrogen-bond donors (Lipinski definition) is 1. The molecule has 0 unspecified atom stereocenters. The lowest BCUT2D eigenvalue weighted by molar-refractivity contribution is 0.291. The summed E-state index contributed by atoms with van der Waals surface area (Å²) in [5, 5.41) is 0. The maximum Gasteiger partial charge on any atom is 0.218 e. The molecule has 4 nitrogen and oxygen atoms in total. The quantitative estimate of drug-likeness (QED) is 0.852. The number of nitrogens with zero attached hydrogens (tertiary/aromatic N) is 1. The van der Waals surface area contributed by atoms with Gasteiger partial charge >= 0.3 is 0 Å². The maximum atomic E-state index is 12.4. The average Bonchev–Trinajstić information content (AvgIpc) is 2.58. The van der Waals surface area contributed by atoms with Gasteiger partial charge in [0.2, 0.25) is 10.0 Å². The first-order chi connectivity index (χ1) is 8.31. The van der Waals surface area contributed by atoms with Crippen LogP contribution in [0.15, 0.2) is 24.3 Å². The van der Waals surface area contributed by atoms with E-state index in [2.05, 4.69) is 0 Å². The highest BCUT2D eigenvalue weighted by atomic mass is 32.2. The number of hydrogen-bond acceptors (Lipinski definition) is 3. The first-order valence-corrected chi connectivity index (χ1v) is 7.77. The van der Waals surface area contributed by atoms with Crippen molar-refractivity contribution in [3.05, 3.63) is 29.8 Å². The third-order valence-electron chi connectivity index (χ3n) is 3.46. The largest absolute Gasteiger partial charge is 0.399 e. The molecule has 1 fully saturated rings. The van der Waals surface area contributed by atoms with Crippen LogP contribution in [0.25, 0.3) is 0 Å². The van der Waals surface area contributed by atoms with Gasteiger partial charge in [-0.15, -0.1) is 0 Å². The predicted octanol–water partition coefficient (Wildman–Crippen LogP) is 1.97. The van der Waals surface area contributed by atoms with E-state index >= 15 is 0 Å². The Bertz CT molecular complexity index is 538. The first kappa shape index (κ1) is 13.4. The normalized spacial score (nSPS) is 20.1. The van der Waals surface area contributed by atoms with E-state index in [1.54, 1.807) is 28.6 Å². The van der Waals surface area contributed by atoms with Crippen molar-refractivity contribution >= 4 is 15.7 Å². The zero-order chi connectivity index (χ0) is 13.4. The Hall–Kier alpha value is -1.07. The van der Waals surface area contributed by atoms with Crippen LogP contribution in [0, 0.1) is 0 Å². The number of anilines is 1. The molecular weight excluding hydrogens is 248 g/mol. The first-order valence-electron chi connectivity index (χ1n) is 6.16. The van der Waals surface area contributed by atoms with E-state index in [0.29, 0.717) is 12.2 Å². The van der Waals surface area contributed by atoms with E-state index in [4.69, 9.17) is 5.73 Å². The van der Waals surface area contributed by atoms with Gasteiger partial charge in [0.05, 0.1) is 5.75 Å². The molecule has 1 heterocycles. The van der Waals surface area contributed by atoms with E-state index in [-0.39, 0.29) is 11.3 Å². The monoisotopic (exact) mass is 268 g/mol. The second-order valence-electron chi connectivity index (χ2n) is 5.49. The van der Waals surface area contributed by atoms with Gasteiger partial charge in [0.1, 0.15) is 0 Å². The third kappa shape index (κ3) is 2.67. The number of sulfonamides is 1. The van der Waals surface area contributed by atoms with Crippen LogP contribution in [0.4, 0.5) is 5.69 Å². The van der Waals surface area contributed by atoms with Crippen LogP contribution in [0.5, 0.6) is 0 Å². The highest BCUT2D eigenvalue weighted by Crippen LogP contribution is 2.32. The summed E-state index contributed by atoms with van der Waals surface area (Å²) in [6, 6.07) is 7.07. The molecule has 18 heavy (non-hydrogen) atoms. The summed E-state index contributed by atoms with van der Waals surface area (Å²) in [5.74, 6) is 0.0292. The molecule has 0 radical (unpaired) electrons. The van der Waals surface area contributed by atoms with Crippen molar-refractivity contribution in [3.63, 3.8) is 0 Å². The molecule has 1 saturated heterocycles. The summed E-state index contributed by atoms with van der Waals surface area (Å²) in [5.41, 5.74) is 6.76. The summed E-state index contributed by atoms with van der Waals surface area (Å²) >= 11 is 0. The Morgan fingerprint density at radius 1 is 1.39 bits per heavy atom. The lowest BCUT2D eigenvalue weighted by Gasteiger charge is -2.30. The third-order valence-corrected chi connectivity index (χ3v) is 5.51. The second-order valence-corrected chi connectivity index (χ2v) is 7.38. The van der Waals surface area contributed by atoms with Crippen LogP contribution in [0.3, 0.4) is 0 Å². The molecule has 1 aliphatic heterocycles. The van der Waals surface area contributed by atoms with Gasteiger partial charge in [-0.2, -0.15) is 4.31 Å². The molecule has 0 aromatic heterocycles. The molecule has 0 atom stereocenters. The van der Waals surface area contributed by atoms with Gasteiger partial charge in [0.25, 0.3) is 0 Å². The van der Waals surface area contributed by atoms with Crippen molar-refractivity contribution in [3.8, 4) is 0 Å². The van der Waals surface area contributed by atoms with E-state index in [9.17, 15) is 8.42 Å². The standard InChI is InChI=1S/C13H20N2O2S/c1-13(2)7-4-8-15(13)18(16,17)10-11-5-3-6-12(14)9-11/h3,5-6,9H,4,7-8,10,14H2,1-2H3. The van der Waals surface area contributed by atoms with Crippen LogP contribution in [0.2, 0.25) is 0 Å². The van der Waals surface area contributed by atoms with Gasteiger partial charge in [-0.25, -0.2) is 8.42 Å². The van der Waals surface area contributed by atoms with Crippen molar-refractivity contribution in [2.45, 2.75) is 38.0 Å². The van der Waals surface area contributed by atoms with Crippen LogP contribution in [-0.2, 0) is 15.8 Å². The Balaban J connectivity index is 2.22. The molecule has 1 aromatic carbocycles. The Morgan fingerprint density at radius 3 is 2.67 bits per heavy atom. The van der Waals surface area contributed by atoms with Crippen LogP contribution >= 0.6 is 0 Å². The SMILES string of the molecule is CC1(C)CCCN1S(=O)(=O)Cc1cccc(N)c1. The number of nitrogen functional groups attached to an aromatic ring is 1. The molecule has 1 aromatic rings. The van der Waals surface area contributed by atoms with Crippen molar-refractivity contribution in [1.82, 2.24) is 4.31 Å². The Kier molecular flexibility index (Phi) is 3.38. The van der Waals surface area contributed by atoms with Crippen LogP contribution in [0.1, 0.15) is 32.3 Å². The molecular formula is C13H20N2O2S. The fourth-order valence-electron chi connectivity index (χ4n) is 2.57. The average molecular weight is 268 g/mol. The predicted molar refractivity (Wildman–Crippen MR) is 73.5 cm³/mol. The smallest absolute Gasteiger partial charge is 0.218 e. The second kappa shape index (κ2) is 4.55. The fourth-order valence-corrected chi connectivity index (χ4v) is 4.58. The Morgan fingerprint density at radius 2 is 2.11 bits per heavy atom. The minimum atomic E-state index is -3.26. The van der Waals surface area contributed by atoms with Gasteiger partial charge in [0, 0.05) is 17.8 Å². The zero-order valence-electron chi connectivity index (χ0n) is 10.9. The number of rotatable bonds is 3. The molecule has 1 aliphatic rings. The van der Waals surface area contributed by atoms with Crippen LogP contribution < -0.4 is 5.73 Å². The summed E-state index contributed by atoms with van der Waals surface area (Å²) in [4.78, 5) is 0. The summed E-state index contributed by atoms with van der Waals surface area (Å²) in [6.45, 7) is 4.59. The van der Waals surface area contributed by atoms with Gasteiger partial charge < -0.3 is 5.73 Å². The minimum Gasteiger partial charge on any atom is -0.399 e. The lowest BCUT2D eigenvalue weighted by atomic mass is 10.0. The molecule has 2 N–H and O–H groups in total. The van der Waals surface area contributed by atoms with E-state index in [1.807, 2.05) is 13.8 Å². The van der Waals surface area contributed by atoms with Crippen molar-refractivity contribution in [2.75, 3.05) is 12.3 Å². The van der Waals surface area contributed by atoms with Gasteiger partial charge in [-0.3, -0.25) is 0 Å². The zero-order valence-corrected chi connectivity index (χ0v) is 11.7. The molecule has 0 spiro atoms. The van der Waals surface area contributed by atoms with Crippen molar-refractivity contribution < 1.29 is 8.42 Å². The van der Waals surface area contributed by atoms with E-state index in [0.717, 1.165) is 18.4 Å². The molecule has 5 heteroatoms. The molecule has 100 valence electrons. The van der Waals surface area contributed by atoms with Gasteiger partial charge in [0.15, 0.2) is 0 Å². The van der Waals surface area contributed by atoms with E-state index < -0.39 is 10.0 Å². The molecule has 0 amide bonds. The highest BCUT2D eigenvalue weighted by Gasteiger charge is 2.39. The highest BCUT2D eigenvalue weighted by molar-refractivity contribution is 7.88.